The molecule has 0 saturated carbocycles. The lowest BCUT2D eigenvalue weighted by Gasteiger charge is -2.34. The Morgan fingerprint density at radius 1 is 1.35 bits per heavy atom. The smallest absolute Gasteiger partial charge is 0.162 e. The van der Waals surface area contributed by atoms with Gasteiger partial charge in [0.1, 0.15) is 0 Å². The van der Waals surface area contributed by atoms with E-state index in [1.165, 1.54) is 0 Å². The van der Waals surface area contributed by atoms with E-state index in [0.29, 0.717) is 30.2 Å². The summed E-state index contributed by atoms with van der Waals surface area (Å²) in [7, 11) is 0. The molecule has 1 heterocycles. The Morgan fingerprint density at radius 3 is 2.70 bits per heavy atom. The van der Waals surface area contributed by atoms with E-state index in [2.05, 4.69) is 13.8 Å². The molecule has 1 aromatic carbocycles. The largest absolute Gasteiger partial charge is 0.352 e. The minimum Gasteiger partial charge on any atom is -0.352 e. The molecule has 0 atom stereocenters. The molecule has 1 aliphatic rings. The van der Waals surface area contributed by atoms with Gasteiger partial charge in [-0.2, -0.15) is 0 Å². The predicted octanol–water partition coefficient (Wildman–Crippen LogP) is 4.09. The van der Waals surface area contributed by atoms with E-state index in [4.69, 9.17) is 21.1 Å². The third-order valence-corrected chi connectivity index (χ3v) is 3.55. The highest BCUT2D eigenvalue weighted by atomic mass is 35.5. The predicted molar refractivity (Wildman–Crippen MR) is 79.1 cm³/mol. The number of benzene rings is 1. The average molecular weight is 297 g/mol. The summed E-state index contributed by atoms with van der Waals surface area (Å²) >= 11 is 5.88. The highest BCUT2D eigenvalue weighted by Crippen LogP contribution is 2.25. The lowest BCUT2D eigenvalue weighted by atomic mass is 9.95. The fourth-order valence-electron chi connectivity index (χ4n) is 2.13. The molecule has 0 amide bonds. The van der Waals surface area contributed by atoms with E-state index >= 15 is 0 Å². The van der Waals surface area contributed by atoms with Crippen molar-refractivity contribution in [1.82, 2.24) is 0 Å². The highest BCUT2D eigenvalue weighted by Gasteiger charge is 2.27. The summed E-state index contributed by atoms with van der Waals surface area (Å²) in [4.78, 5) is 12.0. The minimum absolute atomic E-state index is 0.0904. The first-order chi connectivity index (χ1) is 9.46. The van der Waals surface area contributed by atoms with Crippen LogP contribution in [0.15, 0.2) is 24.3 Å². The number of carbonyl (C=O) groups excluding carboxylic acids is 1. The molecule has 1 aliphatic heterocycles. The van der Waals surface area contributed by atoms with Crippen LogP contribution in [-0.2, 0) is 9.47 Å². The second-order valence-corrected chi connectivity index (χ2v) is 6.48. The monoisotopic (exact) mass is 296 g/mol. The Morgan fingerprint density at radius 2 is 2.05 bits per heavy atom. The third kappa shape index (κ3) is 4.58. The summed E-state index contributed by atoms with van der Waals surface area (Å²) < 4.78 is 11.3. The molecule has 0 radical (unpaired) electrons. The van der Waals surface area contributed by atoms with Crippen LogP contribution in [0.25, 0.3) is 0 Å². The molecule has 0 unspecified atom stereocenters. The number of halogens is 1. The molecule has 1 saturated heterocycles. The topological polar surface area (TPSA) is 35.5 Å². The molecule has 4 heteroatoms. The molecule has 110 valence electrons. The Kier molecular flexibility index (Phi) is 5.19. The number of rotatable bonds is 5. The third-order valence-electron chi connectivity index (χ3n) is 3.31. The molecule has 20 heavy (non-hydrogen) atoms. The number of hydrogen-bond donors (Lipinski definition) is 0. The van der Waals surface area contributed by atoms with Crippen molar-refractivity contribution in [2.45, 2.75) is 39.4 Å². The van der Waals surface area contributed by atoms with Crippen molar-refractivity contribution in [2.24, 2.45) is 5.41 Å². The quantitative estimate of drug-likeness (QED) is 0.768. The summed E-state index contributed by atoms with van der Waals surface area (Å²) in [6.07, 6.45) is 1.83. The van der Waals surface area contributed by atoms with Crippen molar-refractivity contribution >= 4 is 17.4 Å². The van der Waals surface area contributed by atoms with Gasteiger partial charge in [-0.3, -0.25) is 4.79 Å². The molecular formula is C16H21ClO3. The number of carbonyl (C=O) groups is 1. The van der Waals surface area contributed by atoms with Crippen LogP contribution in [0.3, 0.4) is 0 Å². The Labute approximate surface area is 125 Å². The lowest BCUT2D eigenvalue weighted by Crippen LogP contribution is -2.37. The molecule has 0 spiro atoms. The van der Waals surface area contributed by atoms with Crippen LogP contribution in [0.4, 0.5) is 0 Å². The van der Waals surface area contributed by atoms with Crippen LogP contribution >= 0.6 is 11.6 Å². The van der Waals surface area contributed by atoms with Gasteiger partial charge in [-0.25, -0.2) is 0 Å². The van der Waals surface area contributed by atoms with Crippen molar-refractivity contribution in [3.8, 4) is 0 Å². The second kappa shape index (κ2) is 6.70. The number of hydrogen-bond acceptors (Lipinski definition) is 3. The number of Topliss-reactive ketones (excluding diaryl/α,β-unsaturated/α-hetero) is 1. The Hall–Kier alpha value is -0.900. The van der Waals surface area contributed by atoms with Gasteiger partial charge < -0.3 is 9.47 Å². The minimum atomic E-state index is -0.171. The van der Waals surface area contributed by atoms with Gasteiger partial charge >= 0.3 is 0 Å². The zero-order valence-electron chi connectivity index (χ0n) is 12.0. The summed E-state index contributed by atoms with van der Waals surface area (Å²) in [5, 5.41) is 0.594. The van der Waals surface area contributed by atoms with Crippen molar-refractivity contribution in [3.05, 3.63) is 34.9 Å². The van der Waals surface area contributed by atoms with Gasteiger partial charge in [0.15, 0.2) is 12.1 Å². The molecule has 1 aromatic rings. The van der Waals surface area contributed by atoms with E-state index in [-0.39, 0.29) is 17.5 Å². The van der Waals surface area contributed by atoms with Gasteiger partial charge in [0.2, 0.25) is 0 Å². The van der Waals surface area contributed by atoms with Gasteiger partial charge in [-0.1, -0.05) is 37.6 Å². The van der Waals surface area contributed by atoms with E-state index in [0.717, 1.165) is 12.8 Å². The van der Waals surface area contributed by atoms with Crippen LogP contribution in [0, 0.1) is 5.41 Å². The molecular weight excluding hydrogens is 276 g/mol. The van der Waals surface area contributed by atoms with E-state index in [1.807, 2.05) is 0 Å². The maximum absolute atomic E-state index is 12.0. The van der Waals surface area contributed by atoms with Gasteiger partial charge in [0, 0.05) is 22.4 Å². The molecule has 0 aromatic heterocycles. The Balaban J connectivity index is 1.72. The normalized spacial score (nSPS) is 18.9. The first-order valence-electron chi connectivity index (χ1n) is 6.98. The standard InChI is InChI=1S/C16H21ClO3/c1-16(2)10-19-15(20-11-16)8-4-7-14(18)12-5-3-6-13(17)9-12/h3,5-6,9,15H,4,7-8,10-11H2,1-2H3. The van der Waals surface area contributed by atoms with Crippen molar-refractivity contribution in [2.75, 3.05) is 13.2 Å². The van der Waals surface area contributed by atoms with Crippen molar-refractivity contribution in [3.63, 3.8) is 0 Å². The number of ether oxygens (including phenoxy) is 2. The molecule has 1 fully saturated rings. The molecule has 0 aliphatic carbocycles. The number of ketones is 1. The van der Waals surface area contributed by atoms with E-state index < -0.39 is 0 Å². The lowest BCUT2D eigenvalue weighted by molar-refractivity contribution is -0.223. The SMILES string of the molecule is CC1(C)COC(CCCC(=O)c2cccc(Cl)c2)OC1. The van der Waals surface area contributed by atoms with Crippen molar-refractivity contribution < 1.29 is 14.3 Å². The summed E-state index contributed by atoms with van der Waals surface area (Å²) in [5.41, 5.74) is 0.761. The molecule has 0 N–H and O–H groups in total. The van der Waals surface area contributed by atoms with E-state index in [1.54, 1.807) is 24.3 Å². The maximum atomic E-state index is 12.0. The maximum Gasteiger partial charge on any atom is 0.162 e. The average Bonchev–Trinajstić information content (AvgIpc) is 2.40. The van der Waals surface area contributed by atoms with Crippen LogP contribution in [0.5, 0.6) is 0 Å². The van der Waals surface area contributed by atoms with Crippen LogP contribution in [0.2, 0.25) is 5.02 Å². The zero-order chi connectivity index (χ0) is 14.6. The van der Waals surface area contributed by atoms with Crippen LogP contribution in [0.1, 0.15) is 43.5 Å². The van der Waals surface area contributed by atoms with Gasteiger partial charge in [0.25, 0.3) is 0 Å². The second-order valence-electron chi connectivity index (χ2n) is 6.04. The first kappa shape index (κ1) is 15.5. The molecule has 0 bridgehead atoms. The first-order valence-corrected chi connectivity index (χ1v) is 7.36. The Bertz CT molecular complexity index is 461. The van der Waals surface area contributed by atoms with Crippen LogP contribution < -0.4 is 0 Å². The highest BCUT2D eigenvalue weighted by molar-refractivity contribution is 6.31. The fourth-order valence-corrected chi connectivity index (χ4v) is 2.32. The summed E-state index contributed by atoms with van der Waals surface area (Å²) in [6.45, 7) is 5.65. The molecule has 2 rings (SSSR count). The zero-order valence-corrected chi connectivity index (χ0v) is 12.8. The van der Waals surface area contributed by atoms with Crippen LogP contribution in [-0.4, -0.2) is 25.3 Å². The summed E-state index contributed by atoms with van der Waals surface area (Å²) in [6, 6.07) is 7.07. The fraction of sp³-hybridized carbons (Fsp3) is 0.562. The van der Waals surface area contributed by atoms with Gasteiger partial charge in [-0.05, 0) is 25.0 Å². The van der Waals surface area contributed by atoms with Gasteiger partial charge in [-0.15, -0.1) is 0 Å². The molecule has 3 nitrogen and oxygen atoms in total. The summed E-state index contributed by atoms with van der Waals surface area (Å²) in [5.74, 6) is 0.114. The van der Waals surface area contributed by atoms with Gasteiger partial charge in [0.05, 0.1) is 13.2 Å². The van der Waals surface area contributed by atoms with Crippen molar-refractivity contribution in [1.29, 1.82) is 0 Å². The van der Waals surface area contributed by atoms with E-state index in [9.17, 15) is 4.79 Å².